The first-order valence-corrected chi connectivity index (χ1v) is 8.84. The van der Waals surface area contributed by atoms with E-state index in [9.17, 15) is 4.79 Å². The van der Waals surface area contributed by atoms with E-state index in [4.69, 9.17) is 9.31 Å². The topological polar surface area (TPSA) is 35.5 Å². The van der Waals surface area contributed by atoms with Crippen LogP contribution >= 0.6 is 0 Å². The summed E-state index contributed by atoms with van der Waals surface area (Å²) in [5.74, 6) is 2.18. The van der Waals surface area contributed by atoms with Crippen molar-refractivity contribution >= 4 is 18.5 Å². The number of rotatable bonds is 6. The van der Waals surface area contributed by atoms with E-state index in [1.165, 1.54) is 5.57 Å². The zero-order valence-electron chi connectivity index (χ0n) is 15.8. The Morgan fingerprint density at radius 1 is 1.04 bits per heavy atom. The van der Waals surface area contributed by atoms with Gasteiger partial charge in [0.1, 0.15) is 0 Å². The van der Waals surface area contributed by atoms with Gasteiger partial charge < -0.3 is 9.31 Å². The summed E-state index contributed by atoms with van der Waals surface area (Å²) in [5, 5.41) is 0. The van der Waals surface area contributed by atoms with E-state index < -0.39 is 0 Å². The molecule has 1 aliphatic heterocycles. The highest BCUT2D eigenvalue weighted by atomic mass is 16.7. The van der Waals surface area contributed by atoms with E-state index in [0.717, 1.165) is 30.4 Å². The van der Waals surface area contributed by atoms with Crippen LogP contribution in [0, 0.1) is 0 Å². The minimum atomic E-state index is -0.339. The van der Waals surface area contributed by atoms with Gasteiger partial charge in [-0.25, -0.2) is 0 Å². The van der Waals surface area contributed by atoms with Gasteiger partial charge in [0.05, 0.1) is 11.2 Å². The van der Waals surface area contributed by atoms with Crippen molar-refractivity contribution in [1.82, 2.24) is 0 Å². The molecule has 0 amide bonds. The number of unbranched alkanes of at least 4 members (excludes halogenated alkanes) is 1. The summed E-state index contributed by atoms with van der Waals surface area (Å²) in [6, 6.07) is 7.82. The smallest absolute Gasteiger partial charge is 0.400 e. The first-order chi connectivity index (χ1) is 11.2. The van der Waals surface area contributed by atoms with E-state index in [1.807, 2.05) is 24.3 Å². The van der Waals surface area contributed by atoms with Crippen molar-refractivity contribution in [3.63, 3.8) is 0 Å². The molecule has 1 aromatic carbocycles. The zero-order valence-corrected chi connectivity index (χ0v) is 15.8. The molecular weight excluding hydrogens is 299 g/mol. The molecular formula is C20H29BO3. The molecule has 0 aromatic heterocycles. The van der Waals surface area contributed by atoms with Crippen molar-refractivity contribution in [2.24, 2.45) is 0 Å². The van der Waals surface area contributed by atoms with Gasteiger partial charge in [-0.15, -0.1) is 0 Å². The lowest BCUT2D eigenvalue weighted by Crippen LogP contribution is -2.41. The summed E-state index contributed by atoms with van der Waals surface area (Å²) in [7, 11) is -0.339. The van der Waals surface area contributed by atoms with Crippen molar-refractivity contribution in [1.29, 1.82) is 0 Å². The maximum Gasteiger partial charge on any atom is 0.487 e. The van der Waals surface area contributed by atoms with Crippen LogP contribution in [0.1, 0.15) is 76.7 Å². The molecule has 24 heavy (non-hydrogen) atoms. The summed E-state index contributed by atoms with van der Waals surface area (Å²) in [6.07, 6.45) is 3.21. The Morgan fingerprint density at radius 3 is 2.00 bits per heavy atom. The SMILES string of the molecule is CCCC/C(=C/B1OC(C)(C)C(C)(C)O1)c1ccc(C(C)=O)cc1. The van der Waals surface area contributed by atoms with Crippen LogP contribution in [0.5, 0.6) is 0 Å². The van der Waals surface area contributed by atoms with Crippen LogP contribution in [0.2, 0.25) is 0 Å². The molecule has 0 unspecified atom stereocenters. The quantitative estimate of drug-likeness (QED) is 0.539. The Balaban J connectivity index is 2.27. The molecule has 0 N–H and O–H groups in total. The molecule has 2 rings (SSSR count). The molecule has 1 aromatic rings. The van der Waals surface area contributed by atoms with Gasteiger partial charge in [0.2, 0.25) is 0 Å². The number of ketones is 1. The standard InChI is InChI=1S/C20H29BO3/c1-7-8-9-18(17-12-10-16(11-13-17)15(2)22)14-21-23-19(3,4)20(5,6)24-21/h10-14H,7-9H2,1-6H3/b18-14-. The number of hydrogen-bond donors (Lipinski definition) is 0. The first-order valence-electron chi connectivity index (χ1n) is 8.84. The Hall–Kier alpha value is -1.39. The van der Waals surface area contributed by atoms with Crippen molar-refractivity contribution in [2.75, 3.05) is 0 Å². The van der Waals surface area contributed by atoms with E-state index in [-0.39, 0.29) is 24.1 Å². The van der Waals surface area contributed by atoms with E-state index >= 15 is 0 Å². The number of carbonyl (C=O) groups excluding carboxylic acids is 1. The fourth-order valence-corrected chi connectivity index (χ4v) is 2.73. The Kier molecular flexibility index (Phi) is 5.72. The largest absolute Gasteiger partial charge is 0.487 e. The molecule has 1 aliphatic rings. The van der Waals surface area contributed by atoms with Gasteiger partial charge in [0.15, 0.2) is 5.78 Å². The lowest BCUT2D eigenvalue weighted by Gasteiger charge is -2.32. The van der Waals surface area contributed by atoms with Crippen LogP contribution in [0.3, 0.4) is 0 Å². The molecule has 3 nitrogen and oxygen atoms in total. The van der Waals surface area contributed by atoms with Gasteiger partial charge in [-0.3, -0.25) is 4.79 Å². The predicted octanol–water partition coefficient (Wildman–Crippen LogP) is 5.09. The van der Waals surface area contributed by atoms with Crippen LogP contribution in [0.4, 0.5) is 0 Å². The number of Topliss-reactive ketones (excluding diaryl/α,β-unsaturated/α-hetero) is 1. The van der Waals surface area contributed by atoms with Crippen LogP contribution in [-0.2, 0) is 9.31 Å². The van der Waals surface area contributed by atoms with Gasteiger partial charge in [-0.1, -0.05) is 43.6 Å². The Morgan fingerprint density at radius 2 is 1.54 bits per heavy atom. The van der Waals surface area contributed by atoms with Crippen LogP contribution in [0.25, 0.3) is 5.57 Å². The van der Waals surface area contributed by atoms with Crippen molar-refractivity contribution in [2.45, 2.75) is 72.0 Å². The highest BCUT2D eigenvalue weighted by Crippen LogP contribution is 2.38. The maximum atomic E-state index is 11.5. The number of allylic oxidation sites excluding steroid dienone is 1. The number of benzene rings is 1. The molecule has 1 fully saturated rings. The highest BCUT2D eigenvalue weighted by Gasteiger charge is 2.50. The lowest BCUT2D eigenvalue weighted by molar-refractivity contribution is 0.00578. The molecule has 0 bridgehead atoms. The second-order valence-electron chi connectivity index (χ2n) is 7.55. The number of hydrogen-bond acceptors (Lipinski definition) is 3. The average molecular weight is 328 g/mol. The second-order valence-corrected chi connectivity index (χ2v) is 7.55. The van der Waals surface area contributed by atoms with Crippen molar-refractivity contribution < 1.29 is 14.1 Å². The lowest BCUT2D eigenvalue weighted by atomic mass is 9.83. The molecule has 0 atom stereocenters. The number of carbonyl (C=O) groups is 1. The minimum absolute atomic E-state index is 0.0894. The van der Waals surface area contributed by atoms with Gasteiger partial charge in [0.25, 0.3) is 0 Å². The fraction of sp³-hybridized carbons (Fsp3) is 0.550. The monoisotopic (exact) mass is 328 g/mol. The summed E-state index contributed by atoms with van der Waals surface area (Å²) < 4.78 is 12.2. The normalized spacial score (nSPS) is 19.6. The molecule has 0 spiro atoms. The molecule has 0 radical (unpaired) electrons. The molecule has 0 saturated carbocycles. The van der Waals surface area contributed by atoms with Crippen LogP contribution in [0.15, 0.2) is 30.2 Å². The van der Waals surface area contributed by atoms with E-state index in [0.29, 0.717) is 0 Å². The predicted molar refractivity (Wildman–Crippen MR) is 100 cm³/mol. The fourth-order valence-electron chi connectivity index (χ4n) is 2.73. The molecule has 130 valence electrons. The molecule has 1 saturated heterocycles. The summed E-state index contributed by atoms with van der Waals surface area (Å²) >= 11 is 0. The van der Waals surface area contributed by atoms with Gasteiger partial charge >= 0.3 is 7.12 Å². The van der Waals surface area contributed by atoms with E-state index in [1.54, 1.807) is 6.92 Å². The Bertz CT molecular complexity index is 598. The minimum Gasteiger partial charge on any atom is -0.400 e. The van der Waals surface area contributed by atoms with Gasteiger partial charge in [-0.2, -0.15) is 0 Å². The van der Waals surface area contributed by atoms with E-state index in [2.05, 4.69) is 40.6 Å². The third kappa shape index (κ3) is 4.17. The third-order valence-corrected chi connectivity index (χ3v) is 5.07. The summed E-state index contributed by atoms with van der Waals surface area (Å²) in [5.41, 5.74) is 2.42. The molecule has 4 heteroatoms. The third-order valence-electron chi connectivity index (χ3n) is 5.07. The maximum absolute atomic E-state index is 11.5. The average Bonchev–Trinajstić information content (AvgIpc) is 2.71. The van der Waals surface area contributed by atoms with Crippen LogP contribution in [-0.4, -0.2) is 24.1 Å². The van der Waals surface area contributed by atoms with Crippen LogP contribution < -0.4 is 0 Å². The van der Waals surface area contributed by atoms with Gasteiger partial charge in [0, 0.05) is 5.56 Å². The molecule has 0 aliphatic carbocycles. The summed E-state index contributed by atoms with van der Waals surface area (Å²) in [4.78, 5) is 11.5. The summed E-state index contributed by atoms with van der Waals surface area (Å²) in [6.45, 7) is 12.0. The zero-order chi connectivity index (χ0) is 18.0. The van der Waals surface area contributed by atoms with Crippen molar-refractivity contribution in [3.8, 4) is 0 Å². The Labute approximate surface area is 146 Å². The second kappa shape index (κ2) is 7.24. The van der Waals surface area contributed by atoms with Gasteiger partial charge in [-0.05, 0) is 58.6 Å². The highest BCUT2D eigenvalue weighted by molar-refractivity contribution is 6.53. The molecule has 1 heterocycles. The van der Waals surface area contributed by atoms with Crippen molar-refractivity contribution in [3.05, 3.63) is 41.4 Å². The first kappa shape index (κ1) is 18.9.